The molecule has 1 saturated carbocycles. The summed E-state index contributed by atoms with van der Waals surface area (Å²) >= 11 is 0. The van der Waals surface area contributed by atoms with Crippen LogP contribution in [0.2, 0.25) is 0 Å². The Morgan fingerprint density at radius 2 is 2.36 bits per heavy atom. The molecule has 1 aliphatic carbocycles. The van der Waals surface area contributed by atoms with Crippen LogP contribution in [0.4, 0.5) is 0 Å². The third-order valence-electron chi connectivity index (χ3n) is 2.27. The highest BCUT2D eigenvalue weighted by Crippen LogP contribution is 2.25. The Hall–Kier alpha value is -0.530. The first kappa shape index (κ1) is 8.57. The van der Waals surface area contributed by atoms with Crippen molar-refractivity contribution in [1.29, 1.82) is 0 Å². The number of hydrogen-bond donors (Lipinski definition) is 0. The topological polar surface area (TPSA) is 21.6 Å². The van der Waals surface area contributed by atoms with Crippen LogP contribution in [0, 0.1) is 5.92 Å². The largest absolute Gasteiger partial charge is 0.396 e. The summed E-state index contributed by atoms with van der Waals surface area (Å²) < 4.78 is 0. The minimum absolute atomic E-state index is 0.695. The van der Waals surface area contributed by atoms with E-state index in [2.05, 4.69) is 12.1 Å². The summed E-state index contributed by atoms with van der Waals surface area (Å²) in [4.78, 5) is 5.00. The first-order chi connectivity index (χ1) is 5.36. The van der Waals surface area contributed by atoms with Gasteiger partial charge in [0.15, 0.2) is 0 Å². The fourth-order valence-corrected chi connectivity index (χ4v) is 1.50. The molecule has 1 unspecified atom stereocenters. The van der Waals surface area contributed by atoms with Gasteiger partial charge in [-0.3, -0.25) is 0 Å². The molecule has 0 spiro atoms. The van der Waals surface area contributed by atoms with Gasteiger partial charge in [-0.05, 0) is 32.1 Å². The maximum absolute atomic E-state index is 5.00. The van der Waals surface area contributed by atoms with Crippen molar-refractivity contribution < 1.29 is 4.84 Å². The van der Waals surface area contributed by atoms with Crippen molar-refractivity contribution in [2.75, 3.05) is 6.61 Å². The van der Waals surface area contributed by atoms with E-state index in [4.69, 9.17) is 4.84 Å². The lowest BCUT2D eigenvalue weighted by molar-refractivity contribution is 0.158. The van der Waals surface area contributed by atoms with Crippen LogP contribution in [-0.2, 0) is 4.84 Å². The Bertz CT molecular complexity index is 142. The van der Waals surface area contributed by atoms with Gasteiger partial charge in [0.05, 0.1) is 5.71 Å². The zero-order valence-electron chi connectivity index (χ0n) is 7.47. The third-order valence-corrected chi connectivity index (χ3v) is 2.27. The van der Waals surface area contributed by atoms with Gasteiger partial charge in [-0.15, -0.1) is 0 Å². The van der Waals surface area contributed by atoms with Crippen LogP contribution in [0.25, 0.3) is 0 Å². The summed E-state index contributed by atoms with van der Waals surface area (Å²) in [7, 11) is 0. The van der Waals surface area contributed by atoms with Crippen LogP contribution >= 0.6 is 0 Å². The molecular weight excluding hydrogens is 138 g/mol. The molecule has 1 atom stereocenters. The van der Waals surface area contributed by atoms with E-state index in [0.29, 0.717) is 6.61 Å². The second-order valence-corrected chi connectivity index (χ2v) is 3.09. The second-order valence-electron chi connectivity index (χ2n) is 3.09. The summed E-state index contributed by atoms with van der Waals surface area (Å²) in [6.07, 6.45) is 4.91. The number of rotatable bonds is 3. The summed E-state index contributed by atoms with van der Waals surface area (Å²) in [6.45, 7) is 4.91. The minimum Gasteiger partial charge on any atom is -0.396 e. The van der Waals surface area contributed by atoms with Crippen LogP contribution in [0.15, 0.2) is 5.16 Å². The molecule has 0 aliphatic heterocycles. The number of oxime groups is 1. The maximum Gasteiger partial charge on any atom is 0.114 e. The molecule has 0 aromatic carbocycles. The highest BCUT2D eigenvalue weighted by Gasteiger charge is 2.18. The van der Waals surface area contributed by atoms with E-state index < -0.39 is 0 Å². The standard InChI is InChI=1S/C9H17NO/c1-3-8-5-6-9(7-8)10-11-4-2/h8H,3-7H2,1-2H3/b10-9-. The third kappa shape index (κ3) is 2.52. The molecule has 0 saturated heterocycles. The molecule has 1 aliphatic rings. The van der Waals surface area contributed by atoms with E-state index in [1.54, 1.807) is 0 Å². The SMILES string of the molecule is CCO/N=C1/CCC(CC)C1. The molecule has 0 heterocycles. The summed E-state index contributed by atoms with van der Waals surface area (Å²) in [6, 6.07) is 0. The summed E-state index contributed by atoms with van der Waals surface area (Å²) in [5, 5.41) is 4.06. The van der Waals surface area contributed by atoms with Gasteiger partial charge in [0.2, 0.25) is 0 Å². The molecule has 0 aromatic rings. The van der Waals surface area contributed by atoms with E-state index in [9.17, 15) is 0 Å². The predicted molar refractivity (Wildman–Crippen MR) is 46.7 cm³/mol. The number of hydrogen-bond acceptors (Lipinski definition) is 2. The predicted octanol–water partition coefficient (Wildman–Crippen LogP) is 2.59. The summed E-state index contributed by atoms with van der Waals surface area (Å²) in [5.74, 6) is 0.870. The molecule has 2 nitrogen and oxygen atoms in total. The second kappa shape index (κ2) is 4.37. The fraction of sp³-hybridized carbons (Fsp3) is 0.889. The van der Waals surface area contributed by atoms with Gasteiger partial charge in [0.25, 0.3) is 0 Å². The molecule has 0 N–H and O–H groups in total. The van der Waals surface area contributed by atoms with E-state index in [0.717, 1.165) is 18.8 Å². The van der Waals surface area contributed by atoms with Crippen LogP contribution in [0.5, 0.6) is 0 Å². The smallest absolute Gasteiger partial charge is 0.114 e. The Morgan fingerprint density at radius 3 is 2.91 bits per heavy atom. The van der Waals surface area contributed by atoms with Crippen LogP contribution < -0.4 is 0 Å². The molecule has 0 bridgehead atoms. The van der Waals surface area contributed by atoms with Gasteiger partial charge in [0, 0.05) is 0 Å². The van der Waals surface area contributed by atoms with Crippen molar-refractivity contribution in [3.8, 4) is 0 Å². The van der Waals surface area contributed by atoms with Gasteiger partial charge < -0.3 is 4.84 Å². The zero-order valence-corrected chi connectivity index (χ0v) is 7.47. The number of nitrogens with zero attached hydrogens (tertiary/aromatic N) is 1. The monoisotopic (exact) mass is 155 g/mol. The van der Waals surface area contributed by atoms with E-state index in [1.807, 2.05) is 6.92 Å². The van der Waals surface area contributed by atoms with Crippen LogP contribution in [-0.4, -0.2) is 12.3 Å². The lowest BCUT2D eigenvalue weighted by Crippen LogP contribution is -1.94. The molecule has 1 rings (SSSR count). The Kier molecular flexibility index (Phi) is 3.40. The fourth-order valence-electron chi connectivity index (χ4n) is 1.50. The van der Waals surface area contributed by atoms with Gasteiger partial charge in [-0.2, -0.15) is 0 Å². The van der Waals surface area contributed by atoms with E-state index in [1.165, 1.54) is 18.6 Å². The van der Waals surface area contributed by atoms with Crippen LogP contribution in [0.3, 0.4) is 0 Å². The zero-order chi connectivity index (χ0) is 8.10. The van der Waals surface area contributed by atoms with Crippen molar-refractivity contribution >= 4 is 5.71 Å². The molecule has 64 valence electrons. The normalized spacial score (nSPS) is 27.8. The maximum atomic E-state index is 5.00. The van der Waals surface area contributed by atoms with Crippen molar-refractivity contribution in [3.63, 3.8) is 0 Å². The van der Waals surface area contributed by atoms with E-state index >= 15 is 0 Å². The molecule has 1 fully saturated rings. The average Bonchev–Trinajstić information content (AvgIpc) is 2.48. The first-order valence-corrected chi connectivity index (χ1v) is 4.54. The molecule has 2 heteroatoms. The van der Waals surface area contributed by atoms with E-state index in [-0.39, 0.29) is 0 Å². The minimum atomic E-state index is 0.695. The highest BCUT2D eigenvalue weighted by atomic mass is 16.6. The van der Waals surface area contributed by atoms with Crippen molar-refractivity contribution in [3.05, 3.63) is 0 Å². The lowest BCUT2D eigenvalue weighted by atomic mass is 10.1. The quantitative estimate of drug-likeness (QED) is 0.574. The van der Waals surface area contributed by atoms with Crippen molar-refractivity contribution in [2.45, 2.75) is 39.5 Å². The van der Waals surface area contributed by atoms with Gasteiger partial charge in [0.1, 0.15) is 6.61 Å². The van der Waals surface area contributed by atoms with Crippen molar-refractivity contribution in [1.82, 2.24) is 0 Å². The first-order valence-electron chi connectivity index (χ1n) is 4.54. The molecule has 0 aromatic heterocycles. The Labute approximate surface area is 68.6 Å². The summed E-state index contributed by atoms with van der Waals surface area (Å²) in [5.41, 5.74) is 1.26. The Balaban J connectivity index is 2.28. The van der Waals surface area contributed by atoms with Gasteiger partial charge in [-0.25, -0.2) is 0 Å². The van der Waals surface area contributed by atoms with Crippen LogP contribution in [0.1, 0.15) is 39.5 Å². The molecule has 0 amide bonds. The molecule has 0 radical (unpaired) electrons. The van der Waals surface area contributed by atoms with Gasteiger partial charge >= 0.3 is 0 Å². The molecule has 11 heavy (non-hydrogen) atoms. The van der Waals surface area contributed by atoms with Crippen molar-refractivity contribution in [2.24, 2.45) is 11.1 Å². The van der Waals surface area contributed by atoms with Gasteiger partial charge in [-0.1, -0.05) is 18.5 Å². The average molecular weight is 155 g/mol. The molecular formula is C9H17NO. The highest BCUT2D eigenvalue weighted by molar-refractivity contribution is 5.85. The Morgan fingerprint density at radius 1 is 1.55 bits per heavy atom. The lowest BCUT2D eigenvalue weighted by Gasteiger charge is -2.00.